The molecule has 1 aliphatic carbocycles. The lowest BCUT2D eigenvalue weighted by Gasteiger charge is -2.31. The van der Waals surface area contributed by atoms with E-state index in [-0.39, 0.29) is 24.7 Å². The number of urea groups is 1. The Morgan fingerprint density at radius 2 is 2.09 bits per heavy atom. The molecule has 0 radical (unpaired) electrons. The molecule has 1 aromatic rings. The van der Waals surface area contributed by atoms with Gasteiger partial charge < -0.3 is 20.1 Å². The van der Waals surface area contributed by atoms with Gasteiger partial charge in [-0.15, -0.1) is 6.42 Å². The van der Waals surface area contributed by atoms with Gasteiger partial charge in [0.15, 0.2) is 0 Å². The van der Waals surface area contributed by atoms with Crippen molar-refractivity contribution in [3.8, 4) is 18.1 Å². The minimum atomic E-state index is -0.299. The van der Waals surface area contributed by atoms with Crippen LogP contribution in [0.1, 0.15) is 25.7 Å². The number of benzene rings is 1. The number of terminal acetylenes is 1. The number of ether oxygens (including phenoxy) is 1. The van der Waals surface area contributed by atoms with Crippen molar-refractivity contribution in [2.24, 2.45) is 5.92 Å². The molecule has 1 aliphatic rings. The van der Waals surface area contributed by atoms with Crippen LogP contribution in [0, 0.1) is 18.3 Å². The van der Waals surface area contributed by atoms with E-state index in [1.165, 1.54) is 0 Å². The second-order valence-corrected chi connectivity index (χ2v) is 5.94. The van der Waals surface area contributed by atoms with Gasteiger partial charge in [0.25, 0.3) is 0 Å². The Labute approximate surface area is 137 Å². The highest BCUT2D eigenvalue weighted by molar-refractivity contribution is 5.89. The van der Waals surface area contributed by atoms with Gasteiger partial charge in [0, 0.05) is 25.2 Å². The number of hydrogen-bond acceptors (Lipinski definition) is 3. The average Bonchev–Trinajstić information content (AvgIpc) is 2.56. The van der Waals surface area contributed by atoms with Crippen LogP contribution in [0.3, 0.4) is 0 Å². The largest absolute Gasteiger partial charge is 0.481 e. The Hall–Kier alpha value is -2.19. The van der Waals surface area contributed by atoms with Gasteiger partial charge in [0.1, 0.15) is 12.4 Å². The van der Waals surface area contributed by atoms with Crippen LogP contribution in [-0.2, 0) is 0 Å². The molecule has 2 rings (SSSR count). The molecule has 0 saturated heterocycles. The molecule has 2 amide bonds. The fourth-order valence-electron chi connectivity index (χ4n) is 2.81. The number of nitrogens with one attached hydrogen (secondary N) is 1. The molecule has 1 saturated carbocycles. The van der Waals surface area contributed by atoms with Crippen molar-refractivity contribution < 1.29 is 14.6 Å². The number of amides is 2. The number of carbonyl (C=O) groups is 1. The van der Waals surface area contributed by atoms with Crippen molar-refractivity contribution in [2.45, 2.75) is 31.8 Å². The van der Waals surface area contributed by atoms with E-state index in [1.807, 2.05) is 0 Å². The first kappa shape index (κ1) is 17.2. The molecule has 23 heavy (non-hydrogen) atoms. The minimum absolute atomic E-state index is 0.166. The Kier molecular flexibility index (Phi) is 6.30. The van der Waals surface area contributed by atoms with Crippen LogP contribution in [0.4, 0.5) is 10.5 Å². The van der Waals surface area contributed by atoms with Gasteiger partial charge in [0.2, 0.25) is 0 Å². The van der Waals surface area contributed by atoms with Crippen molar-refractivity contribution in [2.75, 3.05) is 25.5 Å². The van der Waals surface area contributed by atoms with Crippen molar-refractivity contribution in [1.29, 1.82) is 0 Å². The summed E-state index contributed by atoms with van der Waals surface area (Å²) in [5, 5.41) is 12.8. The molecule has 2 N–H and O–H groups in total. The number of nitrogens with zero attached hydrogens (tertiary/aromatic N) is 1. The molecule has 0 heterocycles. The first-order valence-electron chi connectivity index (χ1n) is 7.96. The normalized spacial score (nSPS) is 20.4. The smallest absolute Gasteiger partial charge is 0.321 e. The Morgan fingerprint density at radius 1 is 1.39 bits per heavy atom. The maximum absolute atomic E-state index is 12.2. The van der Waals surface area contributed by atoms with Crippen molar-refractivity contribution in [3.05, 3.63) is 24.3 Å². The van der Waals surface area contributed by atoms with E-state index in [0.29, 0.717) is 18.0 Å². The summed E-state index contributed by atoms with van der Waals surface area (Å²) in [7, 11) is 1.75. The quantitative estimate of drug-likeness (QED) is 0.821. The average molecular weight is 316 g/mol. The Morgan fingerprint density at radius 3 is 2.74 bits per heavy atom. The maximum atomic E-state index is 12.2. The number of aliphatic hydroxyl groups is 1. The van der Waals surface area contributed by atoms with Gasteiger partial charge in [-0.05, 0) is 37.1 Å². The third-order valence-corrected chi connectivity index (χ3v) is 4.15. The Bertz CT molecular complexity index is 550. The summed E-state index contributed by atoms with van der Waals surface area (Å²) in [6.07, 6.45) is 8.83. The zero-order valence-electron chi connectivity index (χ0n) is 13.5. The summed E-state index contributed by atoms with van der Waals surface area (Å²) in [6.45, 7) is 0.786. The number of hydrogen-bond donors (Lipinski definition) is 2. The number of aliphatic hydroxyl groups excluding tert-OH is 1. The van der Waals surface area contributed by atoms with E-state index in [4.69, 9.17) is 11.2 Å². The topological polar surface area (TPSA) is 61.8 Å². The summed E-state index contributed by atoms with van der Waals surface area (Å²) in [5.74, 6) is 3.23. The molecule has 1 fully saturated rings. The molecule has 0 spiro atoms. The fourth-order valence-corrected chi connectivity index (χ4v) is 2.81. The fraction of sp³-hybridized carbons (Fsp3) is 0.500. The van der Waals surface area contributed by atoms with Crippen LogP contribution >= 0.6 is 0 Å². The van der Waals surface area contributed by atoms with E-state index in [2.05, 4.69) is 11.2 Å². The standard InChI is InChI=1S/C18H24N2O3/c1-3-12-23-16-10-8-15(9-11-16)19-18(22)20(2)13-14-6-4-5-7-17(14)21/h1,8-11,14,17,21H,4-7,12-13H2,2H3,(H,19,22). The molecule has 2 unspecified atom stereocenters. The first-order valence-corrected chi connectivity index (χ1v) is 7.96. The minimum Gasteiger partial charge on any atom is -0.481 e. The zero-order chi connectivity index (χ0) is 16.7. The monoisotopic (exact) mass is 316 g/mol. The molecule has 2 atom stereocenters. The van der Waals surface area contributed by atoms with E-state index < -0.39 is 0 Å². The second-order valence-electron chi connectivity index (χ2n) is 5.94. The van der Waals surface area contributed by atoms with E-state index >= 15 is 0 Å². The SMILES string of the molecule is C#CCOc1ccc(NC(=O)N(C)CC2CCCCC2O)cc1. The summed E-state index contributed by atoms with van der Waals surface area (Å²) in [5.41, 5.74) is 0.694. The molecule has 5 heteroatoms. The van der Waals surface area contributed by atoms with Crippen molar-refractivity contribution in [3.63, 3.8) is 0 Å². The van der Waals surface area contributed by atoms with E-state index in [0.717, 1.165) is 25.7 Å². The van der Waals surface area contributed by atoms with Gasteiger partial charge in [-0.3, -0.25) is 0 Å². The van der Waals surface area contributed by atoms with Gasteiger partial charge in [0.05, 0.1) is 6.10 Å². The van der Waals surface area contributed by atoms with Crippen LogP contribution < -0.4 is 10.1 Å². The molecule has 0 aliphatic heterocycles. The summed E-state index contributed by atoms with van der Waals surface area (Å²) >= 11 is 0. The summed E-state index contributed by atoms with van der Waals surface area (Å²) in [6, 6.07) is 6.88. The number of carbonyl (C=O) groups excluding carboxylic acids is 1. The lowest BCUT2D eigenvalue weighted by molar-refractivity contribution is 0.0575. The van der Waals surface area contributed by atoms with Crippen molar-refractivity contribution in [1.82, 2.24) is 4.90 Å². The lowest BCUT2D eigenvalue weighted by atomic mass is 9.86. The number of rotatable bonds is 5. The van der Waals surface area contributed by atoms with Gasteiger partial charge in [-0.1, -0.05) is 18.8 Å². The second kappa shape index (κ2) is 8.44. The first-order chi connectivity index (χ1) is 11.1. The van der Waals surface area contributed by atoms with E-state index in [9.17, 15) is 9.90 Å². The summed E-state index contributed by atoms with van der Waals surface area (Å²) < 4.78 is 5.29. The lowest BCUT2D eigenvalue weighted by Crippen LogP contribution is -2.40. The molecule has 124 valence electrons. The van der Waals surface area contributed by atoms with Crippen LogP contribution in [0.15, 0.2) is 24.3 Å². The third-order valence-electron chi connectivity index (χ3n) is 4.15. The van der Waals surface area contributed by atoms with Crippen molar-refractivity contribution >= 4 is 11.7 Å². The predicted octanol–water partition coefficient (Wildman–Crippen LogP) is 2.71. The number of anilines is 1. The van der Waals surface area contributed by atoms with Gasteiger partial charge in [-0.25, -0.2) is 4.79 Å². The van der Waals surface area contributed by atoms with Crippen LogP contribution in [0.2, 0.25) is 0 Å². The molecule has 5 nitrogen and oxygen atoms in total. The van der Waals surface area contributed by atoms with E-state index in [1.54, 1.807) is 36.2 Å². The molecule has 0 aromatic heterocycles. The third kappa shape index (κ3) is 5.19. The zero-order valence-corrected chi connectivity index (χ0v) is 13.5. The van der Waals surface area contributed by atoms with Gasteiger partial charge in [-0.2, -0.15) is 0 Å². The van der Waals surface area contributed by atoms with Crippen LogP contribution in [-0.4, -0.2) is 42.3 Å². The van der Waals surface area contributed by atoms with Gasteiger partial charge >= 0.3 is 6.03 Å². The highest BCUT2D eigenvalue weighted by Crippen LogP contribution is 2.25. The Balaban J connectivity index is 1.84. The highest BCUT2D eigenvalue weighted by atomic mass is 16.5. The highest BCUT2D eigenvalue weighted by Gasteiger charge is 2.25. The van der Waals surface area contributed by atoms with Crippen LogP contribution in [0.5, 0.6) is 5.75 Å². The molecular formula is C18H24N2O3. The molecule has 0 bridgehead atoms. The molecular weight excluding hydrogens is 292 g/mol. The van der Waals surface area contributed by atoms with Crippen LogP contribution in [0.25, 0.3) is 0 Å². The molecule has 1 aromatic carbocycles. The summed E-state index contributed by atoms with van der Waals surface area (Å²) in [4.78, 5) is 13.9. The maximum Gasteiger partial charge on any atom is 0.321 e. The predicted molar refractivity (Wildman–Crippen MR) is 90.4 cm³/mol.